The fourth-order valence-electron chi connectivity index (χ4n) is 2.11. The van der Waals surface area contributed by atoms with Gasteiger partial charge in [0.1, 0.15) is 18.8 Å². The molecule has 0 aliphatic carbocycles. The maximum absolute atomic E-state index is 11.6. The van der Waals surface area contributed by atoms with E-state index in [0.29, 0.717) is 19.8 Å². The number of nitrogens with zero attached hydrogens (tertiary/aromatic N) is 1. The van der Waals surface area contributed by atoms with Crippen molar-refractivity contribution in [2.24, 2.45) is 5.10 Å². The Morgan fingerprint density at radius 3 is 2.48 bits per heavy atom. The molecule has 2 aromatic carbocycles. The number of hydrazone groups is 1. The van der Waals surface area contributed by atoms with E-state index in [-0.39, 0.29) is 12.3 Å². The summed E-state index contributed by atoms with van der Waals surface area (Å²) in [5.74, 6) is -0.114. The van der Waals surface area contributed by atoms with E-state index >= 15 is 0 Å². The van der Waals surface area contributed by atoms with Crippen LogP contribution in [0.3, 0.4) is 0 Å². The number of methoxy groups -OCH3 is 1. The third-order valence-corrected chi connectivity index (χ3v) is 3.48. The predicted molar refractivity (Wildman–Crippen MR) is 102 cm³/mol. The van der Waals surface area contributed by atoms with Crippen molar-refractivity contribution in [1.29, 1.82) is 0 Å². The number of carbonyl (C=O) groups is 2. The van der Waals surface area contributed by atoms with Crippen LogP contribution in [0.2, 0.25) is 0 Å². The monoisotopic (exact) mass is 369 g/mol. The van der Waals surface area contributed by atoms with E-state index in [2.05, 4.69) is 15.8 Å². The molecular weight excluding hydrogens is 346 g/mol. The Morgan fingerprint density at radius 1 is 1.04 bits per heavy atom. The average Bonchev–Trinajstić information content (AvgIpc) is 2.68. The highest BCUT2D eigenvalue weighted by molar-refractivity contribution is 5.97. The normalized spacial score (nSPS) is 10.6. The Balaban J connectivity index is 1.72. The van der Waals surface area contributed by atoms with Gasteiger partial charge >= 0.3 is 0 Å². The third-order valence-electron chi connectivity index (χ3n) is 3.48. The highest BCUT2D eigenvalue weighted by Gasteiger charge is 2.07. The van der Waals surface area contributed by atoms with Gasteiger partial charge in [0.05, 0.1) is 12.8 Å². The van der Waals surface area contributed by atoms with Gasteiger partial charge in [0, 0.05) is 13.7 Å². The van der Waals surface area contributed by atoms with Crippen LogP contribution in [0.4, 0.5) is 0 Å². The summed E-state index contributed by atoms with van der Waals surface area (Å²) in [6.07, 6.45) is 1.22. The summed E-state index contributed by atoms with van der Waals surface area (Å²) in [7, 11) is 1.54. The van der Waals surface area contributed by atoms with Crippen molar-refractivity contribution in [3.05, 3.63) is 65.7 Å². The van der Waals surface area contributed by atoms with E-state index in [1.165, 1.54) is 13.3 Å². The Morgan fingerprint density at radius 2 is 1.78 bits per heavy atom. The quantitative estimate of drug-likeness (QED) is 0.290. The van der Waals surface area contributed by atoms with Crippen molar-refractivity contribution in [3.63, 3.8) is 0 Å². The number of benzene rings is 2. The van der Waals surface area contributed by atoms with Crippen LogP contribution in [-0.4, -0.2) is 38.3 Å². The smallest absolute Gasteiger partial charge is 0.249 e. The maximum Gasteiger partial charge on any atom is 0.249 e. The minimum atomic E-state index is -0.482. The van der Waals surface area contributed by atoms with Gasteiger partial charge in [-0.1, -0.05) is 30.3 Å². The van der Waals surface area contributed by atoms with E-state index in [1.807, 2.05) is 54.6 Å². The standard InChI is InChI=1S/C20H23N3O4/c1-26-12-11-21-19(24)13-20(25)23-22-14-16-7-9-18(10-8-16)27-15-17-5-3-2-4-6-17/h2-10,14H,11-13,15H2,1H3,(H,21,24)(H,23,25)/b22-14-. The van der Waals surface area contributed by atoms with Crippen molar-refractivity contribution in [2.45, 2.75) is 13.0 Å². The molecule has 0 saturated carbocycles. The highest BCUT2D eigenvalue weighted by atomic mass is 16.5. The lowest BCUT2D eigenvalue weighted by Crippen LogP contribution is -2.31. The molecule has 2 rings (SSSR count). The fraction of sp³-hybridized carbons (Fsp3) is 0.250. The molecule has 0 aromatic heterocycles. The summed E-state index contributed by atoms with van der Waals surface area (Å²) in [6.45, 7) is 1.26. The lowest BCUT2D eigenvalue weighted by atomic mass is 10.2. The molecule has 0 atom stereocenters. The molecule has 7 nitrogen and oxygen atoms in total. The van der Waals surface area contributed by atoms with Crippen LogP contribution in [0.25, 0.3) is 0 Å². The molecular formula is C20H23N3O4. The second kappa shape index (κ2) is 11.4. The lowest BCUT2D eigenvalue weighted by Gasteiger charge is -2.06. The zero-order valence-electron chi connectivity index (χ0n) is 15.2. The van der Waals surface area contributed by atoms with Gasteiger partial charge in [-0.2, -0.15) is 5.10 Å². The molecule has 0 aliphatic heterocycles. The fourth-order valence-corrected chi connectivity index (χ4v) is 2.11. The second-order valence-corrected chi connectivity index (χ2v) is 5.66. The summed E-state index contributed by atoms with van der Waals surface area (Å²) < 4.78 is 10.5. The molecule has 2 aromatic rings. The van der Waals surface area contributed by atoms with Crippen molar-refractivity contribution >= 4 is 18.0 Å². The largest absolute Gasteiger partial charge is 0.489 e. The summed E-state index contributed by atoms with van der Waals surface area (Å²) >= 11 is 0. The van der Waals surface area contributed by atoms with Crippen molar-refractivity contribution < 1.29 is 19.1 Å². The molecule has 0 heterocycles. The molecule has 2 N–H and O–H groups in total. The molecule has 0 spiro atoms. The van der Waals surface area contributed by atoms with E-state index in [9.17, 15) is 9.59 Å². The van der Waals surface area contributed by atoms with Crippen LogP contribution in [0, 0.1) is 0 Å². The first-order valence-electron chi connectivity index (χ1n) is 8.51. The van der Waals surface area contributed by atoms with E-state index in [0.717, 1.165) is 16.9 Å². The SMILES string of the molecule is COCCNC(=O)CC(=O)N/N=C\c1ccc(OCc2ccccc2)cc1. The van der Waals surface area contributed by atoms with Gasteiger partial charge in [-0.15, -0.1) is 0 Å². The number of nitrogens with one attached hydrogen (secondary N) is 2. The molecule has 0 unspecified atom stereocenters. The number of hydrogen-bond donors (Lipinski definition) is 2. The first-order chi connectivity index (χ1) is 13.2. The van der Waals surface area contributed by atoms with E-state index in [1.54, 1.807) is 0 Å². The van der Waals surface area contributed by atoms with Crippen LogP contribution in [0.15, 0.2) is 59.7 Å². The molecule has 0 fully saturated rings. The number of rotatable bonds is 10. The zero-order chi connectivity index (χ0) is 19.3. The molecule has 27 heavy (non-hydrogen) atoms. The van der Waals surface area contributed by atoms with Crippen LogP contribution in [0.5, 0.6) is 5.75 Å². The van der Waals surface area contributed by atoms with Gasteiger partial charge in [-0.25, -0.2) is 5.43 Å². The van der Waals surface area contributed by atoms with Gasteiger partial charge in [0.15, 0.2) is 0 Å². The first-order valence-corrected chi connectivity index (χ1v) is 8.51. The van der Waals surface area contributed by atoms with Gasteiger partial charge in [0.25, 0.3) is 0 Å². The van der Waals surface area contributed by atoms with Crippen LogP contribution in [0.1, 0.15) is 17.5 Å². The summed E-state index contributed by atoms with van der Waals surface area (Å²) in [6, 6.07) is 17.2. The molecule has 0 saturated heterocycles. The minimum Gasteiger partial charge on any atom is -0.489 e. The van der Waals surface area contributed by atoms with Crippen LogP contribution in [-0.2, 0) is 20.9 Å². The second-order valence-electron chi connectivity index (χ2n) is 5.66. The van der Waals surface area contributed by atoms with Gasteiger partial charge in [-0.05, 0) is 35.4 Å². The van der Waals surface area contributed by atoms with Gasteiger partial charge < -0.3 is 14.8 Å². The highest BCUT2D eigenvalue weighted by Crippen LogP contribution is 2.13. The summed E-state index contributed by atoms with van der Waals surface area (Å²) in [4.78, 5) is 23.1. The number of carbonyl (C=O) groups excluding carboxylic acids is 2. The average molecular weight is 369 g/mol. The molecule has 7 heteroatoms. The topological polar surface area (TPSA) is 89.0 Å². The number of hydrogen-bond acceptors (Lipinski definition) is 5. The van der Waals surface area contributed by atoms with Crippen LogP contribution < -0.4 is 15.5 Å². The van der Waals surface area contributed by atoms with Gasteiger partial charge in [0.2, 0.25) is 11.8 Å². The Hall–Kier alpha value is -3.19. The van der Waals surface area contributed by atoms with E-state index < -0.39 is 5.91 Å². The summed E-state index contributed by atoms with van der Waals surface area (Å²) in [5, 5.41) is 6.41. The first kappa shape index (κ1) is 20.1. The Kier molecular flexibility index (Phi) is 8.52. The number of ether oxygens (including phenoxy) is 2. The predicted octanol–water partition coefficient (Wildman–Crippen LogP) is 1.87. The van der Waals surface area contributed by atoms with Crippen molar-refractivity contribution in [3.8, 4) is 5.75 Å². The number of amides is 2. The van der Waals surface area contributed by atoms with Crippen molar-refractivity contribution in [1.82, 2.24) is 10.7 Å². The molecule has 0 aliphatic rings. The Bertz CT molecular complexity index is 746. The maximum atomic E-state index is 11.6. The molecule has 2 amide bonds. The molecule has 142 valence electrons. The Labute approximate surface area is 158 Å². The third kappa shape index (κ3) is 8.15. The lowest BCUT2D eigenvalue weighted by molar-refractivity contribution is -0.129. The van der Waals surface area contributed by atoms with Crippen molar-refractivity contribution in [2.75, 3.05) is 20.3 Å². The minimum absolute atomic E-state index is 0.284. The van der Waals surface area contributed by atoms with Crippen LogP contribution >= 0.6 is 0 Å². The molecule has 0 bridgehead atoms. The summed E-state index contributed by atoms with van der Waals surface area (Å²) in [5.41, 5.74) is 4.21. The zero-order valence-corrected chi connectivity index (χ0v) is 15.2. The van der Waals surface area contributed by atoms with Gasteiger partial charge in [-0.3, -0.25) is 9.59 Å². The molecule has 0 radical (unpaired) electrons. The van der Waals surface area contributed by atoms with E-state index in [4.69, 9.17) is 9.47 Å².